The van der Waals surface area contributed by atoms with Gasteiger partial charge in [0, 0.05) is 40.0 Å². The number of carboxylic acids is 1. The van der Waals surface area contributed by atoms with Gasteiger partial charge in [-0.05, 0) is 117 Å². The van der Waals surface area contributed by atoms with Crippen molar-refractivity contribution < 1.29 is 14.7 Å². The number of benzene rings is 3. The summed E-state index contributed by atoms with van der Waals surface area (Å²) < 4.78 is 3.14. The third kappa shape index (κ3) is 5.44. The number of hydrogen-bond donors (Lipinski definition) is 3. The highest BCUT2D eigenvalue weighted by atomic mass is 32.1. The number of carbonyl (C=O) groups is 2. The van der Waals surface area contributed by atoms with Crippen molar-refractivity contribution in [1.82, 2.24) is 19.7 Å². The molecule has 4 bridgehead atoms. The number of carbonyl (C=O) groups excluding carboxylic acids is 1. The van der Waals surface area contributed by atoms with Gasteiger partial charge in [-0.1, -0.05) is 35.6 Å². The van der Waals surface area contributed by atoms with E-state index in [4.69, 9.17) is 10.1 Å². The van der Waals surface area contributed by atoms with Crippen molar-refractivity contribution in [3.63, 3.8) is 0 Å². The average Bonchev–Trinajstić information content (AvgIpc) is 3.65. The van der Waals surface area contributed by atoms with Gasteiger partial charge in [0.25, 0.3) is 5.91 Å². The number of nitrogens with zero attached hydrogens (tertiary/aromatic N) is 4. The summed E-state index contributed by atoms with van der Waals surface area (Å²) in [7, 11) is 0. The Balaban J connectivity index is 0.959. The van der Waals surface area contributed by atoms with Gasteiger partial charge in [0.2, 0.25) is 0 Å². The van der Waals surface area contributed by atoms with Gasteiger partial charge in [0.15, 0.2) is 5.13 Å². The predicted molar refractivity (Wildman–Crippen MR) is 193 cm³/mol. The van der Waals surface area contributed by atoms with Gasteiger partial charge in [-0.2, -0.15) is 5.10 Å². The molecule has 3 N–H and O–H groups in total. The van der Waals surface area contributed by atoms with Gasteiger partial charge in [-0.25, -0.2) is 14.8 Å². The van der Waals surface area contributed by atoms with Crippen LogP contribution in [0.3, 0.4) is 0 Å². The van der Waals surface area contributed by atoms with Gasteiger partial charge in [-0.15, -0.1) is 0 Å². The Hall–Kier alpha value is -5.09. The van der Waals surface area contributed by atoms with Crippen molar-refractivity contribution in [2.45, 2.75) is 52.0 Å². The maximum absolute atomic E-state index is 13.1. The summed E-state index contributed by atoms with van der Waals surface area (Å²) in [6.45, 7) is 2.98. The van der Waals surface area contributed by atoms with Crippen LogP contribution in [0, 0.1) is 30.1 Å². The Bertz CT molecular complexity index is 2220. The lowest BCUT2D eigenvalue weighted by Crippen LogP contribution is -2.48. The molecular weight excluding hydrogens is 633 g/mol. The van der Waals surface area contributed by atoms with Crippen LogP contribution in [0.2, 0.25) is 0 Å². The number of rotatable bonds is 8. The molecule has 10 heteroatoms. The number of para-hydroxylation sites is 1. The summed E-state index contributed by atoms with van der Waals surface area (Å²) in [6.07, 6.45) is 9.95. The number of aromatic carboxylic acids is 1. The second-order valence-electron chi connectivity index (χ2n) is 14.4. The van der Waals surface area contributed by atoms with E-state index in [2.05, 4.69) is 27.2 Å². The van der Waals surface area contributed by atoms with Crippen LogP contribution in [-0.4, -0.2) is 36.7 Å². The van der Waals surface area contributed by atoms with Crippen molar-refractivity contribution in [1.29, 1.82) is 0 Å². The van der Waals surface area contributed by atoms with Gasteiger partial charge < -0.3 is 10.4 Å². The molecule has 1 amide bonds. The average molecular weight is 669 g/mol. The summed E-state index contributed by atoms with van der Waals surface area (Å²) in [5.41, 5.74) is 5.64. The fraction of sp³-hybridized carbons (Fsp3) is 0.308. The lowest BCUT2D eigenvalue weighted by molar-refractivity contribution is -0.0638. The minimum Gasteiger partial charge on any atom is -0.478 e. The molecule has 9 nitrogen and oxygen atoms in total. The molecular formula is C39H36N6O3S. The molecule has 0 aliphatic heterocycles. The molecule has 0 spiro atoms. The molecule has 3 aromatic carbocycles. The Morgan fingerprint density at radius 1 is 0.898 bits per heavy atom. The first-order valence-corrected chi connectivity index (χ1v) is 17.8. The summed E-state index contributed by atoms with van der Waals surface area (Å²) in [5, 5.41) is 22.6. The Labute approximate surface area is 287 Å². The van der Waals surface area contributed by atoms with E-state index in [1.165, 1.54) is 49.9 Å². The molecule has 10 rings (SSSR count). The van der Waals surface area contributed by atoms with E-state index in [0.29, 0.717) is 44.1 Å². The molecule has 4 aliphatic carbocycles. The van der Waals surface area contributed by atoms with E-state index in [0.717, 1.165) is 45.8 Å². The normalized spacial score (nSPS) is 22.5. The first-order chi connectivity index (χ1) is 23.8. The van der Waals surface area contributed by atoms with Crippen molar-refractivity contribution >= 4 is 61.0 Å². The third-order valence-electron chi connectivity index (χ3n) is 11.0. The van der Waals surface area contributed by atoms with Crippen molar-refractivity contribution in [3.8, 4) is 11.1 Å². The number of carboxylic acid groups (broad SMARTS) is 1. The second-order valence-corrected chi connectivity index (χ2v) is 15.5. The molecule has 0 atom stereocenters. The molecule has 246 valence electrons. The number of nitrogens with one attached hydrogen (secondary N) is 2. The summed E-state index contributed by atoms with van der Waals surface area (Å²) in [5.74, 6) is 1.89. The number of pyridine rings is 1. The number of amides is 1. The zero-order chi connectivity index (χ0) is 33.3. The Morgan fingerprint density at radius 2 is 1.67 bits per heavy atom. The van der Waals surface area contributed by atoms with Crippen LogP contribution in [0.5, 0.6) is 0 Å². The minimum atomic E-state index is -0.997. The first kappa shape index (κ1) is 30.0. The third-order valence-corrected chi connectivity index (χ3v) is 12.0. The van der Waals surface area contributed by atoms with Crippen LogP contribution in [0.15, 0.2) is 79.0 Å². The largest absolute Gasteiger partial charge is 0.478 e. The van der Waals surface area contributed by atoms with E-state index in [1.807, 2.05) is 48.7 Å². The summed E-state index contributed by atoms with van der Waals surface area (Å²) >= 11 is 1.43. The lowest BCUT2D eigenvalue weighted by Gasteiger charge is -2.56. The quantitative estimate of drug-likeness (QED) is 0.148. The van der Waals surface area contributed by atoms with E-state index in [-0.39, 0.29) is 11.5 Å². The highest BCUT2D eigenvalue weighted by Crippen LogP contribution is 2.60. The Morgan fingerprint density at radius 3 is 2.43 bits per heavy atom. The first-order valence-electron chi connectivity index (χ1n) is 17.0. The van der Waals surface area contributed by atoms with Crippen molar-refractivity contribution in [2.75, 3.05) is 10.6 Å². The molecule has 4 fully saturated rings. The molecule has 49 heavy (non-hydrogen) atoms. The van der Waals surface area contributed by atoms with Crippen LogP contribution in [-0.2, 0) is 6.54 Å². The maximum atomic E-state index is 13.1. The smallest absolute Gasteiger partial charge is 0.337 e. The van der Waals surface area contributed by atoms with Gasteiger partial charge in [0.1, 0.15) is 5.82 Å². The molecule has 3 aromatic heterocycles. The minimum absolute atomic E-state index is 0.225. The van der Waals surface area contributed by atoms with Crippen LogP contribution in [0.25, 0.3) is 32.2 Å². The zero-order valence-corrected chi connectivity index (χ0v) is 28.0. The SMILES string of the molecule is Cc1c(-c2ccc3nc(Nc4cccc(C(=O)Nc5nc6ccccc6s5)c4)ccc3c2C(=O)O)cnn1CC12CC3CC(CC(C3)C1)C2. The van der Waals surface area contributed by atoms with Crippen LogP contribution >= 0.6 is 11.3 Å². The van der Waals surface area contributed by atoms with E-state index < -0.39 is 5.97 Å². The molecule has 3 heterocycles. The molecule has 4 saturated carbocycles. The van der Waals surface area contributed by atoms with Crippen molar-refractivity contribution in [2.24, 2.45) is 23.2 Å². The highest BCUT2D eigenvalue weighted by molar-refractivity contribution is 7.22. The van der Waals surface area contributed by atoms with Gasteiger partial charge in [0.05, 0.1) is 27.5 Å². The molecule has 0 unspecified atom stereocenters. The topological polar surface area (TPSA) is 122 Å². The second kappa shape index (κ2) is 11.5. The number of fused-ring (bicyclic) bond motifs is 2. The van der Waals surface area contributed by atoms with Gasteiger partial charge >= 0.3 is 5.97 Å². The standard InChI is InChI=1S/C39H36N6O3S/c1-22-30(20-40-45(22)21-39-17-23-13-24(18-39)15-25(14-23)19-39)28-9-11-31-29(35(28)37(47)48)10-12-34(42-31)41-27-6-4-5-26(16-27)36(46)44-38-43-32-7-2-3-8-33(32)49-38/h2-12,16,20,23-25H,13-15,17-19,21H2,1H3,(H,41,42)(H,47,48)(H,43,44,46). The summed E-state index contributed by atoms with van der Waals surface area (Å²) in [6, 6.07) is 22.2. The van der Waals surface area contributed by atoms with Crippen LogP contribution < -0.4 is 10.6 Å². The molecule has 6 aromatic rings. The highest BCUT2D eigenvalue weighted by Gasteiger charge is 2.51. The van der Waals surface area contributed by atoms with E-state index >= 15 is 0 Å². The fourth-order valence-corrected chi connectivity index (χ4v) is 10.2. The predicted octanol–water partition coefficient (Wildman–Crippen LogP) is 8.93. The molecule has 0 saturated heterocycles. The number of thiazole rings is 1. The number of anilines is 3. The monoisotopic (exact) mass is 668 g/mol. The summed E-state index contributed by atoms with van der Waals surface area (Å²) in [4.78, 5) is 35.1. The molecule has 4 aliphatic rings. The van der Waals surface area contributed by atoms with Gasteiger partial charge in [-0.3, -0.25) is 14.8 Å². The lowest BCUT2D eigenvalue weighted by atomic mass is 9.49. The van der Waals surface area contributed by atoms with Crippen molar-refractivity contribution in [3.05, 3.63) is 95.8 Å². The van der Waals surface area contributed by atoms with Crippen LogP contribution in [0.1, 0.15) is 64.9 Å². The van der Waals surface area contributed by atoms with E-state index in [9.17, 15) is 14.7 Å². The zero-order valence-electron chi connectivity index (χ0n) is 27.1. The molecule has 0 radical (unpaired) electrons. The fourth-order valence-electron chi connectivity index (χ4n) is 9.38. The van der Waals surface area contributed by atoms with E-state index in [1.54, 1.807) is 30.3 Å². The van der Waals surface area contributed by atoms with Crippen LogP contribution in [0.4, 0.5) is 16.6 Å². The number of aromatic nitrogens is 4. The number of hydrogen-bond acceptors (Lipinski definition) is 7. The Kier molecular flexibility index (Phi) is 7.05. The maximum Gasteiger partial charge on any atom is 0.337 e.